The van der Waals surface area contributed by atoms with Crippen LogP contribution in [-0.2, 0) is 0 Å². The second-order valence-corrected chi connectivity index (χ2v) is 3.04. The highest BCUT2D eigenvalue weighted by molar-refractivity contribution is 4.59. The van der Waals surface area contributed by atoms with E-state index < -0.39 is 0 Å². The molecule has 0 saturated carbocycles. The first kappa shape index (κ1) is 9.40. The van der Waals surface area contributed by atoms with Crippen LogP contribution in [-0.4, -0.2) is 25.1 Å². The summed E-state index contributed by atoms with van der Waals surface area (Å²) in [6.07, 6.45) is 0. The molecule has 0 heterocycles. The molecule has 0 aromatic carbocycles. The molecule has 0 aliphatic heterocycles. The number of nitrogens with zero attached hydrogens (tertiary/aromatic N) is 3. The van der Waals surface area contributed by atoms with Crippen molar-refractivity contribution < 1.29 is 0 Å². The Hall–Kier alpha value is -0.600. The molecule has 0 N–H and O–H groups in total. The summed E-state index contributed by atoms with van der Waals surface area (Å²) in [4.78, 5) is 0. The highest BCUT2D eigenvalue weighted by Crippen LogP contribution is 2.04. The zero-order valence-corrected chi connectivity index (χ0v) is 7.50. The van der Waals surface area contributed by atoms with Crippen LogP contribution in [0.4, 0.5) is 0 Å². The molecule has 60 valence electrons. The summed E-state index contributed by atoms with van der Waals surface area (Å²) >= 11 is 0. The molecule has 0 bridgehead atoms. The van der Waals surface area contributed by atoms with Gasteiger partial charge in [0, 0.05) is 14.1 Å². The summed E-state index contributed by atoms with van der Waals surface area (Å²) < 4.78 is 0. The van der Waals surface area contributed by atoms with E-state index in [9.17, 15) is 0 Å². The molecule has 0 unspecified atom stereocenters. The van der Waals surface area contributed by atoms with Gasteiger partial charge in [0.05, 0.1) is 6.04 Å². The fourth-order valence-corrected chi connectivity index (χ4v) is 0.318. The Kier molecular flexibility index (Phi) is 4.00. The molecule has 0 rings (SSSR count). The van der Waals surface area contributed by atoms with E-state index in [4.69, 9.17) is 0 Å². The van der Waals surface area contributed by atoms with Crippen LogP contribution in [0, 0.1) is 5.92 Å². The van der Waals surface area contributed by atoms with Crippen molar-refractivity contribution >= 4 is 0 Å². The molecular formula is C7H17N3. The summed E-state index contributed by atoms with van der Waals surface area (Å²) in [6.45, 7) is 6.34. The first-order valence-corrected chi connectivity index (χ1v) is 3.62. The Labute approximate surface area is 63.1 Å². The van der Waals surface area contributed by atoms with Gasteiger partial charge >= 0.3 is 0 Å². The van der Waals surface area contributed by atoms with Crippen LogP contribution in [0.3, 0.4) is 0 Å². The first-order chi connectivity index (χ1) is 4.54. The molecule has 0 aromatic heterocycles. The molecule has 0 aliphatic carbocycles. The Bertz CT molecular complexity index is 107. The number of hydrogen-bond acceptors (Lipinski definition) is 2. The molecule has 3 nitrogen and oxygen atoms in total. The van der Waals surface area contributed by atoms with Crippen LogP contribution in [0.5, 0.6) is 0 Å². The fraction of sp³-hybridized carbons (Fsp3) is 1.00. The lowest BCUT2D eigenvalue weighted by Gasteiger charge is -2.09. The SMILES string of the molecule is CC(C)[C@H](C)N=NN(C)C. The van der Waals surface area contributed by atoms with Crippen molar-refractivity contribution in [2.45, 2.75) is 26.8 Å². The average molecular weight is 143 g/mol. The lowest BCUT2D eigenvalue weighted by molar-refractivity contribution is 0.371. The number of hydrogen-bond donors (Lipinski definition) is 0. The summed E-state index contributed by atoms with van der Waals surface area (Å²) in [7, 11) is 3.74. The van der Waals surface area contributed by atoms with E-state index in [2.05, 4.69) is 31.1 Å². The molecule has 10 heavy (non-hydrogen) atoms. The Morgan fingerprint density at radius 3 is 1.90 bits per heavy atom. The van der Waals surface area contributed by atoms with Gasteiger partial charge < -0.3 is 0 Å². The third kappa shape index (κ3) is 4.30. The largest absolute Gasteiger partial charge is 0.285 e. The van der Waals surface area contributed by atoms with E-state index in [1.54, 1.807) is 5.01 Å². The molecule has 0 radical (unpaired) electrons. The van der Waals surface area contributed by atoms with Gasteiger partial charge in [0.1, 0.15) is 0 Å². The maximum absolute atomic E-state index is 4.07. The van der Waals surface area contributed by atoms with Crippen molar-refractivity contribution in [3.8, 4) is 0 Å². The molecule has 1 atom stereocenters. The second kappa shape index (κ2) is 4.25. The Morgan fingerprint density at radius 1 is 1.10 bits per heavy atom. The first-order valence-electron chi connectivity index (χ1n) is 3.62. The molecule has 3 heteroatoms. The molecular weight excluding hydrogens is 126 g/mol. The minimum Gasteiger partial charge on any atom is -0.285 e. The van der Waals surface area contributed by atoms with Gasteiger partial charge in [-0.25, -0.2) is 0 Å². The fourth-order valence-electron chi connectivity index (χ4n) is 0.318. The third-order valence-corrected chi connectivity index (χ3v) is 1.38. The van der Waals surface area contributed by atoms with Gasteiger partial charge in [0.15, 0.2) is 0 Å². The molecule has 0 fully saturated rings. The van der Waals surface area contributed by atoms with Gasteiger partial charge in [-0.15, -0.1) is 0 Å². The van der Waals surface area contributed by atoms with Gasteiger partial charge in [0.2, 0.25) is 0 Å². The van der Waals surface area contributed by atoms with Crippen molar-refractivity contribution in [2.75, 3.05) is 14.1 Å². The minimum absolute atomic E-state index is 0.322. The molecule has 0 saturated heterocycles. The predicted molar refractivity (Wildman–Crippen MR) is 42.8 cm³/mol. The van der Waals surface area contributed by atoms with Crippen LogP contribution in [0.1, 0.15) is 20.8 Å². The predicted octanol–water partition coefficient (Wildman–Crippen LogP) is 1.96. The zero-order chi connectivity index (χ0) is 8.15. The van der Waals surface area contributed by atoms with E-state index in [1.165, 1.54) is 0 Å². The van der Waals surface area contributed by atoms with Crippen molar-refractivity contribution in [2.24, 2.45) is 16.3 Å². The Balaban J connectivity index is 3.66. The highest BCUT2D eigenvalue weighted by atomic mass is 15.5. The van der Waals surface area contributed by atoms with Crippen molar-refractivity contribution in [3.05, 3.63) is 0 Å². The van der Waals surface area contributed by atoms with Crippen LogP contribution in [0.15, 0.2) is 10.3 Å². The van der Waals surface area contributed by atoms with E-state index in [0.717, 1.165) is 0 Å². The Morgan fingerprint density at radius 2 is 1.60 bits per heavy atom. The van der Waals surface area contributed by atoms with Crippen LogP contribution in [0.2, 0.25) is 0 Å². The molecule has 0 amide bonds. The number of rotatable bonds is 3. The van der Waals surface area contributed by atoms with Crippen LogP contribution in [0.25, 0.3) is 0 Å². The molecule has 0 spiro atoms. The summed E-state index contributed by atoms with van der Waals surface area (Å²) in [5.41, 5.74) is 0. The van der Waals surface area contributed by atoms with E-state index >= 15 is 0 Å². The van der Waals surface area contributed by atoms with E-state index in [0.29, 0.717) is 12.0 Å². The monoisotopic (exact) mass is 143 g/mol. The minimum atomic E-state index is 0.322. The van der Waals surface area contributed by atoms with E-state index in [-0.39, 0.29) is 0 Å². The molecule has 0 aliphatic rings. The lowest BCUT2D eigenvalue weighted by atomic mass is 10.1. The van der Waals surface area contributed by atoms with Crippen LogP contribution < -0.4 is 0 Å². The van der Waals surface area contributed by atoms with Gasteiger partial charge in [0.25, 0.3) is 0 Å². The standard InChI is InChI=1S/C7H17N3/c1-6(2)7(3)8-9-10(4)5/h6-7H,1-5H3/t7-/m0/s1. The normalized spacial score (nSPS) is 14.6. The van der Waals surface area contributed by atoms with E-state index in [1.807, 2.05) is 14.1 Å². The van der Waals surface area contributed by atoms with Gasteiger partial charge in [-0.2, -0.15) is 5.11 Å². The quantitative estimate of drug-likeness (QED) is 0.438. The van der Waals surface area contributed by atoms with Crippen molar-refractivity contribution in [1.29, 1.82) is 0 Å². The average Bonchev–Trinajstić information content (AvgIpc) is 1.82. The van der Waals surface area contributed by atoms with Crippen LogP contribution >= 0.6 is 0 Å². The maximum atomic E-state index is 4.07. The van der Waals surface area contributed by atoms with Crippen molar-refractivity contribution in [3.63, 3.8) is 0 Å². The lowest BCUT2D eigenvalue weighted by Crippen LogP contribution is -2.09. The zero-order valence-electron chi connectivity index (χ0n) is 7.50. The smallest absolute Gasteiger partial charge is 0.0724 e. The summed E-state index contributed by atoms with van der Waals surface area (Å²) in [5.74, 6) is 0.573. The topological polar surface area (TPSA) is 28.0 Å². The third-order valence-electron chi connectivity index (χ3n) is 1.38. The second-order valence-electron chi connectivity index (χ2n) is 3.04. The van der Waals surface area contributed by atoms with Gasteiger partial charge in [-0.3, -0.25) is 5.01 Å². The summed E-state index contributed by atoms with van der Waals surface area (Å²) in [6, 6.07) is 0.322. The summed E-state index contributed by atoms with van der Waals surface area (Å²) in [5, 5.41) is 9.69. The molecule has 0 aromatic rings. The van der Waals surface area contributed by atoms with Gasteiger partial charge in [-0.1, -0.05) is 19.1 Å². The maximum Gasteiger partial charge on any atom is 0.0724 e. The van der Waals surface area contributed by atoms with Crippen molar-refractivity contribution in [1.82, 2.24) is 5.01 Å². The highest BCUT2D eigenvalue weighted by Gasteiger charge is 2.03. The van der Waals surface area contributed by atoms with Gasteiger partial charge in [-0.05, 0) is 12.8 Å².